The van der Waals surface area contributed by atoms with Crippen LogP contribution in [0.1, 0.15) is 46.0 Å². The number of fused-ring (bicyclic) bond motifs is 2. The molecule has 2 aliphatic carbocycles. The summed E-state index contributed by atoms with van der Waals surface area (Å²) in [5.74, 6) is 2.82. The van der Waals surface area contributed by atoms with E-state index in [2.05, 4.69) is 32.1 Å². The zero-order valence-electron chi connectivity index (χ0n) is 11.1. The van der Waals surface area contributed by atoms with Gasteiger partial charge in [-0.3, -0.25) is 4.79 Å². The highest BCUT2D eigenvalue weighted by Gasteiger charge is 2.40. The van der Waals surface area contributed by atoms with Crippen molar-refractivity contribution in [1.29, 1.82) is 0 Å². The number of carbonyl (C=O) groups is 1. The summed E-state index contributed by atoms with van der Waals surface area (Å²) in [4.78, 5) is 11.1. The van der Waals surface area contributed by atoms with E-state index in [-0.39, 0.29) is 0 Å². The van der Waals surface area contributed by atoms with Crippen LogP contribution in [0.4, 0.5) is 0 Å². The maximum atomic E-state index is 11.1. The van der Waals surface area contributed by atoms with Crippen LogP contribution >= 0.6 is 0 Å². The fourth-order valence-electron chi connectivity index (χ4n) is 3.39. The highest BCUT2D eigenvalue weighted by Crippen LogP contribution is 2.48. The average Bonchev–Trinajstić information content (AvgIpc) is 2.91. The predicted octanol–water partition coefficient (Wildman–Crippen LogP) is 4.15. The van der Waals surface area contributed by atoms with Crippen molar-refractivity contribution in [1.82, 2.24) is 0 Å². The Kier molecular flexibility index (Phi) is 4.20. The van der Waals surface area contributed by atoms with Crippen LogP contribution in [0.3, 0.4) is 0 Å². The number of unbranched alkanes of at least 4 members (excludes halogenated alkanes) is 2. The van der Waals surface area contributed by atoms with Gasteiger partial charge in [-0.1, -0.05) is 44.9 Å². The van der Waals surface area contributed by atoms with Crippen LogP contribution in [0.25, 0.3) is 0 Å². The zero-order chi connectivity index (χ0) is 12.3. The second-order valence-corrected chi connectivity index (χ2v) is 5.70. The summed E-state index contributed by atoms with van der Waals surface area (Å²) in [5.41, 5.74) is 1.04. The van der Waals surface area contributed by atoms with Crippen LogP contribution in [0.5, 0.6) is 0 Å². The van der Waals surface area contributed by atoms with Gasteiger partial charge in [0.05, 0.1) is 0 Å². The molecule has 17 heavy (non-hydrogen) atoms. The Balaban J connectivity index is 1.96. The minimum absolute atomic E-state index is 0.617. The van der Waals surface area contributed by atoms with Gasteiger partial charge in [0.25, 0.3) is 0 Å². The van der Waals surface area contributed by atoms with Crippen molar-refractivity contribution in [3.8, 4) is 0 Å². The molecule has 94 valence electrons. The third-order valence-electron chi connectivity index (χ3n) is 4.55. The molecule has 0 radical (unpaired) electrons. The lowest BCUT2D eigenvalue weighted by atomic mass is 9.83. The average molecular weight is 232 g/mol. The Bertz CT molecular complexity index is 326. The highest BCUT2D eigenvalue weighted by molar-refractivity contribution is 5.73. The van der Waals surface area contributed by atoms with Crippen LogP contribution in [-0.4, -0.2) is 6.29 Å². The first kappa shape index (κ1) is 12.6. The first-order valence-corrected chi connectivity index (χ1v) is 7.10. The van der Waals surface area contributed by atoms with Crippen LogP contribution in [0.2, 0.25) is 0 Å². The summed E-state index contributed by atoms with van der Waals surface area (Å²) in [6, 6.07) is 0. The van der Waals surface area contributed by atoms with Gasteiger partial charge in [0.15, 0.2) is 0 Å². The lowest BCUT2D eigenvalue weighted by Crippen LogP contribution is -2.15. The van der Waals surface area contributed by atoms with Crippen molar-refractivity contribution in [3.63, 3.8) is 0 Å². The number of rotatable bonds is 6. The molecular formula is C16H24O. The summed E-state index contributed by atoms with van der Waals surface area (Å²) >= 11 is 0. The van der Waals surface area contributed by atoms with Gasteiger partial charge in [0, 0.05) is 0 Å². The first-order chi connectivity index (χ1) is 8.26. The summed E-state index contributed by atoms with van der Waals surface area (Å²) in [7, 11) is 0. The normalized spacial score (nSPS) is 35.5. The second-order valence-electron chi connectivity index (χ2n) is 5.70. The maximum absolute atomic E-state index is 11.1. The number of allylic oxidation sites excluding steroid dienone is 4. The molecule has 2 rings (SSSR count). The van der Waals surface area contributed by atoms with Crippen LogP contribution < -0.4 is 0 Å². The van der Waals surface area contributed by atoms with Crippen LogP contribution in [-0.2, 0) is 4.79 Å². The van der Waals surface area contributed by atoms with Crippen molar-refractivity contribution in [3.05, 3.63) is 23.8 Å². The molecule has 0 aromatic heterocycles. The molecule has 0 spiro atoms. The Morgan fingerprint density at radius 1 is 1.29 bits per heavy atom. The molecule has 4 unspecified atom stereocenters. The van der Waals surface area contributed by atoms with Crippen LogP contribution in [0.15, 0.2) is 23.8 Å². The van der Waals surface area contributed by atoms with Gasteiger partial charge in [-0.2, -0.15) is 0 Å². The third kappa shape index (κ3) is 2.70. The topological polar surface area (TPSA) is 17.1 Å². The van der Waals surface area contributed by atoms with Crippen LogP contribution in [0, 0.1) is 23.7 Å². The number of aldehydes is 1. The number of hydrogen-bond donors (Lipinski definition) is 0. The minimum atomic E-state index is 0.617. The molecule has 1 heteroatoms. The van der Waals surface area contributed by atoms with E-state index in [9.17, 15) is 4.79 Å². The molecule has 0 saturated heterocycles. The minimum Gasteiger partial charge on any atom is -0.298 e. The Hall–Kier alpha value is -0.850. The van der Waals surface area contributed by atoms with E-state index < -0.39 is 0 Å². The molecule has 0 aliphatic heterocycles. The first-order valence-electron chi connectivity index (χ1n) is 7.10. The molecular weight excluding hydrogens is 208 g/mol. The van der Waals surface area contributed by atoms with Crippen molar-refractivity contribution >= 4 is 6.29 Å². The second kappa shape index (κ2) is 5.66. The van der Waals surface area contributed by atoms with E-state index in [0.29, 0.717) is 11.8 Å². The Morgan fingerprint density at radius 2 is 2.06 bits per heavy atom. The van der Waals surface area contributed by atoms with Crippen molar-refractivity contribution in [2.24, 2.45) is 23.7 Å². The fourth-order valence-corrected chi connectivity index (χ4v) is 3.39. The molecule has 0 amide bonds. The highest BCUT2D eigenvalue weighted by atomic mass is 16.1. The maximum Gasteiger partial charge on any atom is 0.145 e. The summed E-state index contributed by atoms with van der Waals surface area (Å²) in [6.45, 7) is 4.54. The molecule has 1 nitrogen and oxygen atoms in total. The third-order valence-corrected chi connectivity index (χ3v) is 4.55. The van der Waals surface area contributed by atoms with Gasteiger partial charge >= 0.3 is 0 Å². The molecule has 0 N–H and O–H groups in total. The van der Waals surface area contributed by atoms with E-state index in [4.69, 9.17) is 0 Å². The quantitative estimate of drug-likeness (QED) is 0.291. The van der Waals surface area contributed by atoms with Crippen molar-refractivity contribution in [2.45, 2.75) is 46.0 Å². The Morgan fingerprint density at radius 3 is 2.65 bits per heavy atom. The molecule has 0 aromatic rings. The van der Waals surface area contributed by atoms with E-state index in [1.165, 1.54) is 19.3 Å². The molecule has 2 bridgehead atoms. The zero-order valence-corrected chi connectivity index (χ0v) is 11.1. The van der Waals surface area contributed by atoms with Crippen molar-refractivity contribution < 1.29 is 4.79 Å². The lowest BCUT2D eigenvalue weighted by molar-refractivity contribution is -0.105. The van der Waals surface area contributed by atoms with Gasteiger partial charge in [0.2, 0.25) is 0 Å². The standard InChI is InChI=1S/C16H24O/c1-3-4-5-6-13(11-17)9-16-12(2)14-7-8-15(16)10-14/h7-9,11-12,14-16H,3-6,10H2,1-2H3/b13-9+. The molecule has 0 heterocycles. The van der Waals surface area contributed by atoms with Gasteiger partial charge < -0.3 is 0 Å². The molecule has 2 aliphatic rings. The number of hydrogen-bond acceptors (Lipinski definition) is 1. The van der Waals surface area contributed by atoms with Gasteiger partial charge in [-0.25, -0.2) is 0 Å². The fraction of sp³-hybridized carbons (Fsp3) is 0.688. The van der Waals surface area contributed by atoms with Gasteiger partial charge in [-0.15, -0.1) is 0 Å². The van der Waals surface area contributed by atoms with E-state index in [1.54, 1.807) is 0 Å². The van der Waals surface area contributed by atoms with Gasteiger partial charge in [0.1, 0.15) is 6.29 Å². The lowest BCUT2D eigenvalue weighted by Gasteiger charge is -2.22. The predicted molar refractivity (Wildman–Crippen MR) is 71.7 cm³/mol. The largest absolute Gasteiger partial charge is 0.298 e. The summed E-state index contributed by atoms with van der Waals surface area (Å²) in [6.07, 6.45) is 14.0. The van der Waals surface area contributed by atoms with Crippen molar-refractivity contribution in [2.75, 3.05) is 0 Å². The molecule has 0 aromatic carbocycles. The summed E-state index contributed by atoms with van der Waals surface area (Å²) in [5, 5.41) is 0. The summed E-state index contributed by atoms with van der Waals surface area (Å²) < 4.78 is 0. The Labute approximate surface area is 105 Å². The van der Waals surface area contributed by atoms with Gasteiger partial charge in [-0.05, 0) is 48.5 Å². The van der Waals surface area contributed by atoms with E-state index in [1.807, 2.05) is 0 Å². The van der Waals surface area contributed by atoms with E-state index >= 15 is 0 Å². The molecule has 1 saturated carbocycles. The molecule has 4 atom stereocenters. The SMILES string of the molecule is CCCCC/C(C=O)=C\C1C2C=CC(C2)C1C. The van der Waals surface area contributed by atoms with E-state index in [0.717, 1.165) is 36.5 Å². The smallest absolute Gasteiger partial charge is 0.145 e. The number of carbonyl (C=O) groups excluding carboxylic acids is 1. The molecule has 1 fully saturated rings. The monoisotopic (exact) mass is 232 g/mol.